The molecule has 1 saturated heterocycles. The Hall–Kier alpha value is -2.94. The quantitative estimate of drug-likeness (QED) is 0.525. The van der Waals surface area contributed by atoms with Gasteiger partial charge in [-0.25, -0.2) is 19.9 Å². The van der Waals surface area contributed by atoms with Crippen molar-refractivity contribution in [3.8, 4) is 11.5 Å². The molecule has 4 aromatic rings. The molecule has 0 amide bonds. The van der Waals surface area contributed by atoms with Gasteiger partial charge in [0, 0.05) is 36.3 Å². The number of rotatable bonds is 3. The zero-order valence-corrected chi connectivity index (χ0v) is 18.3. The van der Waals surface area contributed by atoms with Crippen LogP contribution in [0.5, 0.6) is 0 Å². The minimum atomic E-state index is 0.304. The average Bonchev–Trinajstić information content (AvgIpc) is 3.42. The molecular weight excluding hydrogens is 408 g/mol. The van der Waals surface area contributed by atoms with Gasteiger partial charge in [-0.3, -0.25) is 10.1 Å². The summed E-state index contributed by atoms with van der Waals surface area (Å²) in [5, 5.41) is 8.69. The Morgan fingerprint density at radius 3 is 2.87 bits per heavy atom. The summed E-state index contributed by atoms with van der Waals surface area (Å²) >= 11 is 1.83. The second-order valence-corrected chi connectivity index (χ2v) is 9.50. The zero-order valence-electron chi connectivity index (χ0n) is 17.5. The van der Waals surface area contributed by atoms with Gasteiger partial charge in [-0.15, -0.1) is 11.3 Å². The highest BCUT2D eigenvalue weighted by Crippen LogP contribution is 2.41. The third-order valence-electron chi connectivity index (χ3n) is 6.29. The summed E-state index contributed by atoms with van der Waals surface area (Å²) in [4.78, 5) is 28.3. The Bertz CT molecular complexity index is 1230. The number of piperidine rings is 1. The number of nitrogens with one attached hydrogen (secondary N) is 1. The summed E-state index contributed by atoms with van der Waals surface area (Å²) in [7, 11) is 0. The molecule has 1 atom stereocenters. The van der Waals surface area contributed by atoms with Crippen LogP contribution < -0.4 is 4.90 Å². The Morgan fingerprint density at radius 1 is 1.10 bits per heavy atom. The fourth-order valence-electron chi connectivity index (χ4n) is 4.82. The van der Waals surface area contributed by atoms with Gasteiger partial charge in [0.2, 0.25) is 0 Å². The van der Waals surface area contributed by atoms with Crippen LogP contribution in [0, 0.1) is 6.92 Å². The lowest BCUT2D eigenvalue weighted by Gasteiger charge is -2.33. The molecule has 9 heteroatoms. The summed E-state index contributed by atoms with van der Waals surface area (Å²) in [5.41, 5.74) is 2.18. The van der Waals surface area contributed by atoms with E-state index in [2.05, 4.69) is 30.0 Å². The number of aryl methyl sites for hydroxylation is 3. The van der Waals surface area contributed by atoms with Gasteiger partial charge in [0.05, 0.1) is 11.6 Å². The van der Waals surface area contributed by atoms with Crippen LogP contribution in [0.15, 0.2) is 18.6 Å². The van der Waals surface area contributed by atoms with Crippen molar-refractivity contribution >= 4 is 27.4 Å². The molecule has 5 heterocycles. The molecule has 1 aliphatic carbocycles. The minimum Gasteiger partial charge on any atom is -0.355 e. The van der Waals surface area contributed by atoms with Crippen molar-refractivity contribution in [3.05, 3.63) is 40.7 Å². The highest BCUT2D eigenvalue weighted by molar-refractivity contribution is 7.19. The highest BCUT2D eigenvalue weighted by atomic mass is 32.1. The first-order valence-electron chi connectivity index (χ1n) is 11.0. The lowest BCUT2D eigenvalue weighted by atomic mass is 9.95. The number of nitrogens with zero attached hydrogens (tertiary/aromatic N) is 7. The van der Waals surface area contributed by atoms with Gasteiger partial charge in [-0.05, 0) is 51.0 Å². The highest BCUT2D eigenvalue weighted by Gasteiger charge is 2.29. The third-order valence-corrected chi connectivity index (χ3v) is 7.47. The standard InChI is InChI=1S/C22H24N8S/c1-13-25-19(29-28-13)14-5-4-10-30(12-14)21-18-15-6-2-3-7-17(15)31-22(18)27-20(26-21)16-11-23-8-9-24-16/h8-9,11,14H,2-7,10,12H2,1H3,(H,25,28,29). The van der Waals surface area contributed by atoms with E-state index in [-0.39, 0.29) is 0 Å². The first-order chi connectivity index (χ1) is 15.3. The van der Waals surface area contributed by atoms with Crippen molar-refractivity contribution in [1.29, 1.82) is 0 Å². The molecule has 0 aromatic carbocycles. The molecule has 8 nitrogen and oxygen atoms in total. The van der Waals surface area contributed by atoms with E-state index < -0.39 is 0 Å². The lowest BCUT2D eigenvalue weighted by molar-refractivity contribution is 0.490. The SMILES string of the molecule is Cc1nc(C2CCCN(c3nc(-c4cnccn4)nc4sc5c(c34)CCCC5)C2)n[nH]1. The Balaban J connectivity index is 1.48. The fourth-order valence-corrected chi connectivity index (χ4v) is 6.07. The van der Waals surface area contributed by atoms with Gasteiger partial charge in [0.25, 0.3) is 0 Å². The minimum absolute atomic E-state index is 0.304. The Morgan fingerprint density at radius 2 is 2.03 bits per heavy atom. The number of aromatic amines is 1. The van der Waals surface area contributed by atoms with E-state index in [0.717, 1.165) is 66.8 Å². The van der Waals surface area contributed by atoms with Gasteiger partial charge in [0.15, 0.2) is 11.6 Å². The van der Waals surface area contributed by atoms with E-state index in [0.29, 0.717) is 11.7 Å². The normalized spacial score (nSPS) is 19.0. The summed E-state index contributed by atoms with van der Waals surface area (Å²) in [6.07, 6.45) is 12.1. The van der Waals surface area contributed by atoms with E-state index in [4.69, 9.17) is 9.97 Å². The molecule has 31 heavy (non-hydrogen) atoms. The number of H-pyrrole nitrogens is 1. The topological polar surface area (TPSA) is 96.4 Å². The Labute approximate surface area is 184 Å². The third kappa shape index (κ3) is 3.37. The molecule has 1 N–H and O–H groups in total. The molecule has 2 aliphatic rings. The molecule has 4 aromatic heterocycles. The summed E-state index contributed by atoms with van der Waals surface area (Å²) in [5.74, 6) is 3.78. The number of hydrogen-bond acceptors (Lipinski definition) is 8. The van der Waals surface area contributed by atoms with Gasteiger partial charge in [0.1, 0.15) is 22.2 Å². The van der Waals surface area contributed by atoms with E-state index >= 15 is 0 Å². The van der Waals surface area contributed by atoms with Crippen molar-refractivity contribution in [2.45, 2.75) is 51.4 Å². The second-order valence-electron chi connectivity index (χ2n) is 8.42. The van der Waals surface area contributed by atoms with E-state index in [9.17, 15) is 0 Å². The molecule has 0 radical (unpaired) electrons. The number of thiophene rings is 1. The molecule has 0 bridgehead atoms. The van der Waals surface area contributed by atoms with Crippen LogP contribution in [0.1, 0.15) is 53.7 Å². The molecular formula is C22H24N8S. The van der Waals surface area contributed by atoms with Crippen molar-refractivity contribution in [3.63, 3.8) is 0 Å². The van der Waals surface area contributed by atoms with Gasteiger partial charge in [-0.2, -0.15) is 5.10 Å². The largest absolute Gasteiger partial charge is 0.355 e. The van der Waals surface area contributed by atoms with Gasteiger partial charge in [-0.1, -0.05) is 0 Å². The van der Waals surface area contributed by atoms with Crippen molar-refractivity contribution < 1.29 is 0 Å². The van der Waals surface area contributed by atoms with Crippen molar-refractivity contribution in [1.82, 2.24) is 35.1 Å². The maximum absolute atomic E-state index is 5.08. The van der Waals surface area contributed by atoms with E-state index in [1.165, 1.54) is 28.7 Å². The lowest BCUT2D eigenvalue weighted by Crippen LogP contribution is -2.35. The average molecular weight is 433 g/mol. The fraction of sp³-hybridized carbons (Fsp3) is 0.455. The molecule has 0 saturated carbocycles. The predicted molar refractivity (Wildman–Crippen MR) is 120 cm³/mol. The van der Waals surface area contributed by atoms with Crippen LogP contribution in [0.2, 0.25) is 0 Å². The van der Waals surface area contributed by atoms with Crippen LogP contribution in [0.3, 0.4) is 0 Å². The van der Waals surface area contributed by atoms with Gasteiger partial charge < -0.3 is 4.90 Å². The smallest absolute Gasteiger partial charge is 0.183 e. The molecule has 1 fully saturated rings. The molecule has 0 spiro atoms. The van der Waals surface area contributed by atoms with Crippen LogP contribution in [-0.2, 0) is 12.8 Å². The van der Waals surface area contributed by atoms with Gasteiger partial charge >= 0.3 is 0 Å². The summed E-state index contributed by atoms with van der Waals surface area (Å²) in [6, 6.07) is 0. The second kappa shape index (κ2) is 7.64. The molecule has 1 unspecified atom stereocenters. The Kier molecular flexibility index (Phi) is 4.63. The van der Waals surface area contributed by atoms with Crippen LogP contribution >= 0.6 is 11.3 Å². The summed E-state index contributed by atoms with van der Waals surface area (Å²) < 4.78 is 0. The van der Waals surface area contributed by atoms with E-state index in [1.807, 2.05) is 18.3 Å². The summed E-state index contributed by atoms with van der Waals surface area (Å²) in [6.45, 7) is 3.81. The number of fused-ring (bicyclic) bond motifs is 3. The van der Waals surface area contributed by atoms with Crippen LogP contribution in [-0.4, -0.2) is 48.2 Å². The first-order valence-corrected chi connectivity index (χ1v) is 11.8. The maximum atomic E-state index is 5.08. The van der Waals surface area contributed by atoms with Crippen molar-refractivity contribution in [2.75, 3.05) is 18.0 Å². The molecule has 158 valence electrons. The van der Waals surface area contributed by atoms with Crippen LogP contribution in [0.25, 0.3) is 21.7 Å². The number of anilines is 1. The van der Waals surface area contributed by atoms with E-state index in [1.54, 1.807) is 18.6 Å². The maximum Gasteiger partial charge on any atom is 0.183 e. The van der Waals surface area contributed by atoms with Crippen molar-refractivity contribution in [2.24, 2.45) is 0 Å². The molecule has 6 rings (SSSR count). The predicted octanol–water partition coefficient (Wildman–Crippen LogP) is 3.84. The number of aromatic nitrogens is 7. The molecule has 1 aliphatic heterocycles. The number of hydrogen-bond donors (Lipinski definition) is 1. The first kappa shape index (κ1) is 18.8. The monoisotopic (exact) mass is 432 g/mol. The van der Waals surface area contributed by atoms with Crippen LogP contribution in [0.4, 0.5) is 5.82 Å². The zero-order chi connectivity index (χ0) is 20.8.